The Morgan fingerprint density at radius 2 is 2.27 bits per heavy atom. The Hall–Kier alpha value is -1.88. The van der Waals surface area contributed by atoms with E-state index in [2.05, 4.69) is 5.10 Å². The van der Waals surface area contributed by atoms with E-state index in [-0.39, 0.29) is 6.61 Å². The molecule has 0 saturated heterocycles. The summed E-state index contributed by atoms with van der Waals surface area (Å²) in [7, 11) is 0. The van der Waals surface area contributed by atoms with Crippen molar-refractivity contribution in [1.82, 2.24) is 9.78 Å². The van der Waals surface area contributed by atoms with Gasteiger partial charge in [-0.3, -0.25) is 0 Å². The van der Waals surface area contributed by atoms with E-state index in [0.29, 0.717) is 6.54 Å². The lowest BCUT2D eigenvalue weighted by Crippen LogP contribution is -2.19. The van der Waals surface area contributed by atoms with Gasteiger partial charge >= 0.3 is 6.09 Å². The van der Waals surface area contributed by atoms with Crippen molar-refractivity contribution in [3.8, 4) is 0 Å². The number of rotatable bonds is 2. The van der Waals surface area contributed by atoms with E-state index in [4.69, 9.17) is 10.5 Å². The fourth-order valence-corrected chi connectivity index (χ4v) is 1.32. The van der Waals surface area contributed by atoms with Crippen molar-refractivity contribution >= 4 is 17.0 Å². The minimum atomic E-state index is -0.498. The number of nitrogens with two attached hydrogens (primary N) is 1. The molecule has 1 aromatic heterocycles. The molecule has 0 aliphatic rings. The van der Waals surface area contributed by atoms with Crippen LogP contribution < -0.4 is 5.73 Å². The van der Waals surface area contributed by atoms with Crippen molar-refractivity contribution in [1.29, 1.82) is 0 Å². The maximum atomic E-state index is 11.5. The van der Waals surface area contributed by atoms with Gasteiger partial charge in [0.25, 0.3) is 0 Å². The van der Waals surface area contributed by atoms with Gasteiger partial charge in [-0.15, -0.1) is 0 Å². The summed E-state index contributed by atoms with van der Waals surface area (Å²) in [6.45, 7) is 0.512. The molecule has 0 saturated carbocycles. The minimum absolute atomic E-state index is 0.201. The van der Waals surface area contributed by atoms with Crippen LogP contribution in [0.4, 0.5) is 4.79 Å². The van der Waals surface area contributed by atoms with Gasteiger partial charge in [-0.2, -0.15) is 9.78 Å². The summed E-state index contributed by atoms with van der Waals surface area (Å²) in [4.78, 5) is 11.5. The van der Waals surface area contributed by atoms with Gasteiger partial charge in [0.15, 0.2) is 0 Å². The molecule has 0 unspecified atom stereocenters. The van der Waals surface area contributed by atoms with Gasteiger partial charge in [-0.05, 0) is 6.07 Å². The molecule has 0 aliphatic heterocycles. The summed E-state index contributed by atoms with van der Waals surface area (Å²) in [5.74, 6) is 0. The van der Waals surface area contributed by atoms with E-state index >= 15 is 0 Å². The molecule has 1 aromatic carbocycles. The summed E-state index contributed by atoms with van der Waals surface area (Å²) in [6, 6.07) is 7.43. The summed E-state index contributed by atoms with van der Waals surface area (Å²) in [5, 5.41) is 4.85. The molecule has 0 fully saturated rings. The van der Waals surface area contributed by atoms with E-state index in [1.807, 2.05) is 24.3 Å². The van der Waals surface area contributed by atoms with Crippen LogP contribution in [-0.2, 0) is 4.74 Å². The van der Waals surface area contributed by atoms with Crippen molar-refractivity contribution in [2.75, 3.05) is 13.2 Å². The Kier molecular flexibility index (Phi) is 2.64. The lowest BCUT2D eigenvalue weighted by molar-refractivity contribution is 0.149. The topological polar surface area (TPSA) is 70.1 Å². The monoisotopic (exact) mass is 205 g/mol. The standard InChI is InChI=1S/C10H11N3O2/c11-5-6-15-10(14)13-9-4-2-1-3-8(9)7-12-13/h1-4,7H,5-6,11H2. The molecule has 0 bridgehead atoms. The number of hydrogen-bond acceptors (Lipinski definition) is 4. The summed E-state index contributed by atoms with van der Waals surface area (Å²) >= 11 is 0. The van der Waals surface area contributed by atoms with E-state index in [0.717, 1.165) is 10.9 Å². The summed E-state index contributed by atoms with van der Waals surface area (Å²) in [5.41, 5.74) is 5.97. The van der Waals surface area contributed by atoms with Crippen LogP contribution in [0.1, 0.15) is 0 Å². The zero-order valence-electron chi connectivity index (χ0n) is 8.09. The van der Waals surface area contributed by atoms with Gasteiger partial charge < -0.3 is 10.5 Å². The van der Waals surface area contributed by atoms with Gasteiger partial charge in [-0.25, -0.2) is 4.79 Å². The maximum Gasteiger partial charge on any atom is 0.435 e. The highest BCUT2D eigenvalue weighted by Gasteiger charge is 2.10. The Labute approximate surface area is 86.4 Å². The molecule has 0 amide bonds. The molecule has 2 aromatic rings. The molecule has 5 heteroatoms. The Morgan fingerprint density at radius 1 is 1.47 bits per heavy atom. The fraction of sp³-hybridized carbons (Fsp3) is 0.200. The largest absolute Gasteiger partial charge is 0.447 e. The number of carbonyl (C=O) groups excluding carboxylic acids is 1. The van der Waals surface area contributed by atoms with E-state index in [1.165, 1.54) is 4.68 Å². The van der Waals surface area contributed by atoms with Crippen molar-refractivity contribution in [2.45, 2.75) is 0 Å². The average Bonchev–Trinajstić information content (AvgIpc) is 2.69. The van der Waals surface area contributed by atoms with Crippen molar-refractivity contribution < 1.29 is 9.53 Å². The lowest BCUT2D eigenvalue weighted by Gasteiger charge is -2.02. The summed E-state index contributed by atoms with van der Waals surface area (Å²) in [6.07, 6.45) is 1.13. The molecular formula is C10H11N3O2. The van der Waals surface area contributed by atoms with Crippen molar-refractivity contribution in [3.63, 3.8) is 0 Å². The molecule has 0 atom stereocenters. The molecule has 0 aliphatic carbocycles. The Morgan fingerprint density at radius 3 is 3.07 bits per heavy atom. The van der Waals surface area contributed by atoms with Gasteiger partial charge in [0.05, 0.1) is 11.7 Å². The van der Waals surface area contributed by atoms with Crippen LogP contribution in [0.3, 0.4) is 0 Å². The first kappa shape index (κ1) is 9.67. The molecular weight excluding hydrogens is 194 g/mol. The SMILES string of the molecule is NCCOC(=O)n1ncc2ccccc21. The number of aromatic nitrogens is 2. The fourth-order valence-electron chi connectivity index (χ4n) is 1.32. The van der Waals surface area contributed by atoms with Gasteiger partial charge in [0, 0.05) is 11.9 Å². The number of hydrogen-bond donors (Lipinski definition) is 1. The molecule has 2 rings (SSSR count). The first-order chi connectivity index (χ1) is 7.33. The summed E-state index contributed by atoms with van der Waals surface area (Å²) < 4.78 is 6.11. The minimum Gasteiger partial charge on any atom is -0.447 e. The van der Waals surface area contributed by atoms with Crippen molar-refractivity contribution in [2.24, 2.45) is 5.73 Å². The molecule has 78 valence electrons. The first-order valence-corrected chi connectivity index (χ1v) is 4.63. The average molecular weight is 205 g/mol. The number of ether oxygens (including phenoxy) is 1. The normalized spacial score (nSPS) is 10.5. The number of benzene rings is 1. The smallest absolute Gasteiger partial charge is 0.435 e. The van der Waals surface area contributed by atoms with E-state index in [1.54, 1.807) is 6.20 Å². The molecule has 1 heterocycles. The van der Waals surface area contributed by atoms with Gasteiger partial charge in [0.1, 0.15) is 6.61 Å². The van der Waals surface area contributed by atoms with Crippen LogP contribution >= 0.6 is 0 Å². The quantitative estimate of drug-likeness (QED) is 0.793. The predicted octanol–water partition coefficient (Wildman–Crippen LogP) is 0.980. The highest BCUT2D eigenvalue weighted by Crippen LogP contribution is 2.12. The number of para-hydroxylation sites is 1. The van der Waals surface area contributed by atoms with Crippen LogP contribution in [0.15, 0.2) is 30.5 Å². The van der Waals surface area contributed by atoms with E-state index < -0.39 is 6.09 Å². The molecule has 2 N–H and O–H groups in total. The number of nitrogens with zero attached hydrogens (tertiary/aromatic N) is 2. The Bertz CT molecular complexity index is 478. The lowest BCUT2D eigenvalue weighted by atomic mass is 10.3. The number of fused-ring (bicyclic) bond motifs is 1. The predicted molar refractivity (Wildman–Crippen MR) is 55.5 cm³/mol. The zero-order valence-corrected chi connectivity index (χ0v) is 8.09. The van der Waals surface area contributed by atoms with Crippen LogP contribution in [0.2, 0.25) is 0 Å². The van der Waals surface area contributed by atoms with Gasteiger partial charge in [-0.1, -0.05) is 18.2 Å². The third kappa shape index (κ3) is 1.82. The van der Waals surface area contributed by atoms with Crippen LogP contribution in [0, 0.1) is 0 Å². The van der Waals surface area contributed by atoms with Crippen molar-refractivity contribution in [3.05, 3.63) is 30.5 Å². The highest BCUT2D eigenvalue weighted by atomic mass is 16.6. The van der Waals surface area contributed by atoms with E-state index in [9.17, 15) is 4.79 Å². The molecule has 15 heavy (non-hydrogen) atoms. The molecule has 0 spiro atoms. The van der Waals surface area contributed by atoms with Gasteiger partial charge in [0.2, 0.25) is 0 Å². The zero-order chi connectivity index (χ0) is 10.7. The maximum absolute atomic E-state index is 11.5. The van der Waals surface area contributed by atoms with Crippen LogP contribution in [-0.4, -0.2) is 29.0 Å². The molecule has 0 radical (unpaired) electrons. The number of carbonyl (C=O) groups is 1. The third-order valence-electron chi connectivity index (χ3n) is 1.99. The van der Waals surface area contributed by atoms with Crippen LogP contribution in [0.5, 0.6) is 0 Å². The second kappa shape index (κ2) is 4.10. The highest BCUT2D eigenvalue weighted by molar-refractivity contribution is 5.87. The third-order valence-corrected chi connectivity index (χ3v) is 1.99. The molecule has 5 nitrogen and oxygen atoms in total. The second-order valence-electron chi connectivity index (χ2n) is 3.02. The van der Waals surface area contributed by atoms with Crippen LogP contribution in [0.25, 0.3) is 10.9 Å². The second-order valence-corrected chi connectivity index (χ2v) is 3.02. The Balaban J connectivity index is 2.31. The first-order valence-electron chi connectivity index (χ1n) is 4.63.